The van der Waals surface area contributed by atoms with Crippen LogP contribution in [0, 0.1) is 5.92 Å². The minimum absolute atomic E-state index is 0.00789. The Balaban J connectivity index is 1.51. The van der Waals surface area contributed by atoms with Crippen LogP contribution in [0.4, 0.5) is 4.79 Å². The van der Waals surface area contributed by atoms with Crippen LogP contribution < -0.4 is 10.6 Å². The number of amides is 3. The number of aromatic nitrogens is 2. The second-order valence-electron chi connectivity index (χ2n) is 6.64. The van der Waals surface area contributed by atoms with Crippen molar-refractivity contribution in [3.05, 3.63) is 17.5 Å². The first kappa shape index (κ1) is 17.7. The Hall–Kier alpha value is -2.10. The summed E-state index contributed by atoms with van der Waals surface area (Å²) in [6, 6.07) is 1.71. The fraction of sp³-hybridized carbons (Fsp3) is 0.667. The molecule has 3 heterocycles. The molecule has 1 aromatic heterocycles. The third-order valence-corrected chi connectivity index (χ3v) is 6.36. The van der Waals surface area contributed by atoms with Gasteiger partial charge in [-0.25, -0.2) is 13.2 Å². The number of fused-ring (bicyclic) bond motifs is 1. The minimum Gasteiger partial charge on any atom is -0.351 e. The largest absolute Gasteiger partial charge is 0.351 e. The summed E-state index contributed by atoms with van der Waals surface area (Å²) in [5.41, 5.74) is 1.69. The number of hydrogen-bond acceptors (Lipinski definition) is 5. The number of sulfone groups is 1. The molecule has 3 rings (SSSR count). The van der Waals surface area contributed by atoms with E-state index in [4.69, 9.17) is 0 Å². The smallest absolute Gasteiger partial charge is 0.317 e. The van der Waals surface area contributed by atoms with Gasteiger partial charge in [0.05, 0.1) is 42.5 Å². The molecular formula is C15H23N5O4S. The predicted octanol–water partition coefficient (Wildman–Crippen LogP) is -0.521. The van der Waals surface area contributed by atoms with Crippen molar-refractivity contribution in [2.24, 2.45) is 5.92 Å². The van der Waals surface area contributed by atoms with Crippen molar-refractivity contribution in [2.75, 3.05) is 24.6 Å². The number of carbonyl (C=O) groups excluding carboxylic acids is 2. The molecule has 1 fully saturated rings. The van der Waals surface area contributed by atoms with Crippen LogP contribution in [0.1, 0.15) is 24.7 Å². The Morgan fingerprint density at radius 2 is 2.12 bits per heavy atom. The van der Waals surface area contributed by atoms with E-state index in [1.165, 1.54) is 6.92 Å². The van der Waals surface area contributed by atoms with Gasteiger partial charge in [-0.1, -0.05) is 0 Å². The van der Waals surface area contributed by atoms with Gasteiger partial charge in [0.1, 0.15) is 0 Å². The maximum Gasteiger partial charge on any atom is 0.317 e. The van der Waals surface area contributed by atoms with Crippen molar-refractivity contribution in [1.29, 1.82) is 0 Å². The molecule has 2 aliphatic heterocycles. The molecule has 0 aliphatic carbocycles. The SMILES string of the molecule is CC(=O)NCc1cc2n(n1)CCN(C(=O)NC[C@@H]1CCS(=O)(=O)C1)C2. The van der Waals surface area contributed by atoms with Crippen LogP contribution in [-0.4, -0.2) is 59.6 Å². The average molecular weight is 369 g/mol. The van der Waals surface area contributed by atoms with E-state index in [1.54, 1.807) is 4.90 Å². The standard InChI is InChI=1S/C15H23N5O4S/c1-11(21)16-8-13-6-14-9-19(3-4-20(14)18-13)15(22)17-7-12-2-5-25(23,24)10-12/h6,12H,2-5,7-10H2,1H3,(H,16,21)(H,17,22)/t12-/m0/s1. The summed E-state index contributed by atoms with van der Waals surface area (Å²) < 4.78 is 24.8. The zero-order valence-electron chi connectivity index (χ0n) is 14.2. The van der Waals surface area contributed by atoms with Crippen LogP contribution in [0.25, 0.3) is 0 Å². The van der Waals surface area contributed by atoms with E-state index in [9.17, 15) is 18.0 Å². The highest BCUT2D eigenvalue weighted by Crippen LogP contribution is 2.18. The number of carbonyl (C=O) groups is 2. The monoisotopic (exact) mass is 369 g/mol. The molecule has 1 saturated heterocycles. The lowest BCUT2D eigenvalue weighted by molar-refractivity contribution is -0.119. The maximum atomic E-state index is 12.3. The van der Waals surface area contributed by atoms with Crippen LogP contribution in [0.15, 0.2) is 6.07 Å². The summed E-state index contributed by atoms with van der Waals surface area (Å²) in [4.78, 5) is 25.0. The Bertz CT molecular complexity index is 773. The first-order valence-corrected chi connectivity index (χ1v) is 10.2. The van der Waals surface area contributed by atoms with E-state index in [0.29, 0.717) is 39.1 Å². The molecule has 138 valence electrons. The fourth-order valence-corrected chi connectivity index (χ4v) is 5.04. The van der Waals surface area contributed by atoms with Gasteiger partial charge in [-0.3, -0.25) is 9.48 Å². The molecule has 0 bridgehead atoms. The summed E-state index contributed by atoms with van der Waals surface area (Å²) in [6.45, 7) is 3.81. The lowest BCUT2D eigenvalue weighted by Crippen LogP contribution is -2.45. The zero-order valence-corrected chi connectivity index (χ0v) is 15.0. The zero-order chi connectivity index (χ0) is 18.0. The van der Waals surface area contributed by atoms with Crippen LogP contribution in [0.3, 0.4) is 0 Å². The molecule has 10 heteroatoms. The molecule has 25 heavy (non-hydrogen) atoms. The van der Waals surface area contributed by atoms with E-state index in [1.807, 2.05) is 10.7 Å². The molecule has 3 amide bonds. The first-order chi connectivity index (χ1) is 11.8. The predicted molar refractivity (Wildman–Crippen MR) is 90.3 cm³/mol. The van der Waals surface area contributed by atoms with Crippen molar-refractivity contribution in [2.45, 2.75) is 33.0 Å². The van der Waals surface area contributed by atoms with Gasteiger partial charge in [-0.05, 0) is 18.4 Å². The minimum atomic E-state index is -2.92. The van der Waals surface area contributed by atoms with Crippen molar-refractivity contribution >= 4 is 21.8 Å². The Kier molecular flexibility index (Phi) is 4.98. The van der Waals surface area contributed by atoms with Gasteiger partial charge < -0.3 is 15.5 Å². The van der Waals surface area contributed by atoms with E-state index in [0.717, 1.165) is 11.4 Å². The van der Waals surface area contributed by atoms with Gasteiger partial charge in [0.2, 0.25) is 5.91 Å². The number of rotatable bonds is 4. The fourth-order valence-electron chi connectivity index (χ4n) is 3.18. The van der Waals surface area contributed by atoms with Gasteiger partial charge >= 0.3 is 6.03 Å². The van der Waals surface area contributed by atoms with Crippen LogP contribution in [0.2, 0.25) is 0 Å². The van der Waals surface area contributed by atoms with E-state index in [-0.39, 0.29) is 29.4 Å². The number of urea groups is 1. The number of hydrogen-bond donors (Lipinski definition) is 2. The molecule has 0 radical (unpaired) electrons. The summed E-state index contributed by atoms with van der Waals surface area (Å²) in [7, 11) is -2.92. The van der Waals surface area contributed by atoms with Gasteiger partial charge in [0.25, 0.3) is 0 Å². The Morgan fingerprint density at radius 1 is 1.32 bits per heavy atom. The average Bonchev–Trinajstić information content (AvgIpc) is 3.12. The molecule has 0 spiro atoms. The first-order valence-electron chi connectivity index (χ1n) is 8.35. The van der Waals surface area contributed by atoms with Crippen LogP contribution in [-0.2, 0) is 34.3 Å². The highest BCUT2D eigenvalue weighted by atomic mass is 32.2. The summed E-state index contributed by atoms with van der Waals surface area (Å²) in [6.07, 6.45) is 0.613. The van der Waals surface area contributed by atoms with Crippen LogP contribution in [0.5, 0.6) is 0 Å². The molecule has 2 aliphatic rings. The van der Waals surface area contributed by atoms with Crippen LogP contribution >= 0.6 is 0 Å². The van der Waals surface area contributed by atoms with E-state index in [2.05, 4.69) is 15.7 Å². The number of nitrogens with one attached hydrogen (secondary N) is 2. The maximum absolute atomic E-state index is 12.3. The third-order valence-electron chi connectivity index (χ3n) is 4.52. The second-order valence-corrected chi connectivity index (χ2v) is 8.87. The van der Waals surface area contributed by atoms with Gasteiger partial charge in [-0.15, -0.1) is 0 Å². The van der Waals surface area contributed by atoms with E-state index >= 15 is 0 Å². The van der Waals surface area contributed by atoms with E-state index < -0.39 is 9.84 Å². The van der Waals surface area contributed by atoms with Gasteiger partial charge in [-0.2, -0.15) is 5.10 Å². The molecule has 1 aromatic rings. The quantitative estimate of drug-likeness (QED) is 0.741. The van der Waals surface area contributed by atoms with Gasteiger partial charge in [0.15, 0.2) is 9.84 Å². The number of nitrogens with zero attached hydrogens (tertiary/aromatic N) is 3. The molecular weight excluding hydrogens is 346 g/mol. The lowest BCUT2D eigenvalue weighted by atomic mass is 10.1. The van der Waals surface area contributed by atoms with Crippen molar-refractivity contribution in [3.8, 4) is 0 Å². The molecule has 0 saturated carbocycles. The molecule has 0 unspecified atom stereocenters. The summed E-state index contributed by atoms with van der Waals surface area (Å²) >= 11 is 0. The molecule has 0 aromatic carbocycles. The summed E-state index contributed by atoms with van der Waals surface area (Å²) in [5, 5.41) is 9.97. The highest BCUT2D eigenvalue weighted by molar-refractivity contribution is 7.91. The second kappa shape index (κ2) is 7.03. The molecule has 9 nitrogen and oxygen atoms in total. The van der Waals surface area contributed by atoms with Crippen molar-refractivity contribution in [1.82, 2.24) is 25.3 Å². The topological polar surface area (TPSA) is 113 Å². The normalized spacial score (nSPS) is 21.6. The third kappa shape index (κ3) is 4.50. The van der Waals surface area contributed by atoms with Gasteiger partial charge in [0, 0.05) is 20.0 Å². The molecule has 2 N–H and O–H groups in total. The Morgan fingerprint density at radius 3 is 2.80 bits per heavy atom. The van der Waals surface area contributed by atoms with Crippen molar-refractivity contribution in [3.63, 3.8) is 0 Å². The highest BCUT2D eigenvalue weighted by Gasteiger charge is 2.29. The Labute approximate surface area is 146 Å². The summed E-state index contributed by atoms with van der Waals surface area (Å²) in [5.74, 6) is 0.273. The molecule has 1 atom stereocenters. The van der Waals surface area contributed by atoms with Crippen molar-refractivity contribution < 1.29 is 18.0 Å². The lowest BCUT2D eigenvalue weighted by Gasteiger charge is -2.28.